The summed E-state index contributed by atoms with van der Waals surface area (Å²) in [6, 6.07) is 18.8. The van der Waals surface area contributed by atoms with E-state index in [0.717, 1.165) is 13.0 Å². The number of alkyl halides is 3. The van der Waals surface area contributed by atoms with Gasteiger partial charge in [-0.15, -0.1) is 0 Å². The lowest BCUT2D eigenvalue weighted by atomic mass is 9.81. The van der Waals surface area contributed by atoms with E-state index in [4.69, 9.17) is 9.47 Å². The molecule has 0 amide bonds. The maximum atomic E-state index is 14.1. The van der Waals surface area contributed by atoms with Crippen molar-refractivity contribution in [1.29, 1.82) is 0 Å². The van der Waals surface area contributed by atoms with Gasteiger partial charge in [-0.2, -0.15) is 13.2 Å². The topological polar surface area (TPSA) is 18.5 Å². The van der Waals surface area contributed by atoms with E-state index in [1.807, 2.05) is 6.07 Å². The van der Waals surface area contributed by atoms with Crippen molar-refractivity contribution in [2.75, 3.05) is 7.11 Å². The molecule has 3 aromatic rings. The van der Waals surface area contributed by atoms with Crippen molar-refractivity contribution in [3.63, 3.8) is 0 Å². The zero-order chi connectivity index (χ0) is 22.5. The van der Waals surface area contributed by atoms with Crippen LogP contribution in [0.5, 0.6) is 17.2 Å². The number of hydrogen-bond acceptors (Lipinski definition) is 2. The molecule has 1 unspecified atom stereocenters. The van der Waals surface area contributed by atoms with Gasteiger partial charge in [0.2, 0.25) is 0 Å². The van der Waals surface area contributed by atoms with E-state index >= 15 is 0 Å². The predicted molar refractivity (Wildman–Crippen MR) is 112 cm³/mol. The van der Waals surface area contributed by atoms with Crippen molar-refractivity contribution in [3.8, 4) is 17.2 Å². The molecular formula is C25H22F4O2. The van der Waals surface area contributed by atoms with Gasteiger partial charge >= 0.3 is 6.18 Å². The zero-order valence-corrected chi connectivity index (χ0v) is 17.1. The van der Waals surface area contributed by atoms with Gasteiger partial charge in [-0.05, 0) is 60.9 Å². The van der Waals surface area contributed by atoms with Crippen LogP contribution in [-0.2, 0) is 11.8 Å². The van der Waals surface area contributed by atoms with Crippen molar-refractivity contribution in [1.82, 2.24) is 0 Å². The van der Waals surface area contributed by atoms with Crippen LogP contribution in [0.2, 0.25) is 0 Å². The molecule has 0 saturated carbocycles. The molecule has 0 heterocycles. The number of allylic oxidation sites excluding steroid dienone is 2. The highest BCUT2D eigenvalue weighted by molar-refractivity contribution is 5.38. The molecule has 0 bridgehead atoms. The van der Waals surface area contributed by atoms with Gasteiger partial charge in [0.05, 0.1) is 7.11 Å². The smallest absolute Gasteiger partial charge is 0.401 e. The zero-order valence-electron chi connectivity index (χ0n) is 17.1. The Kier molecular flexibility index (Phi) is 6.68. The van der Waals surface area contributed by atoms with Crippen LogP contribution in [0.25, 0.3) is 0 Å². The third-order valence-electron chi connectivity index (χ3n) is 5.05. The molecule has 0 aliphatic rings. The Labute approximate surface area is 178 Å². The third-order valence-corrected chi connectivity index (χ3v) is 5.05. The molecular weight excluding hydrogens is 408 g/mol. The minimum Gasteiger partial charge on any atom is -0.497 e. The van der Waals surface area contributed by atoms with Crippen LogP contribution in [0.15, 0.2) is 84.9 Å². The summed E-state index contributed by atoms with van der Waals surface area (Å²) in [4.78, 5) is 0. The number of methoxy groups -OCH3 is 1. The summed E-state index contributed by atoms with van der Waals surface area (Å²) >= 11 is 0. The number of hydrogen-bond donors (Lipinski definition) is 0. The summed E-state index contributed by atoms with van der Waals surface area (Å²) in [6.45, 7) is 1.12. The van der Waals surface area contributed by atoms with Gasteiger partial charge in [0.15, 0.2) is 11.6 Å². The van der Waals surface area contributed by atoms with Gasteiger partial charge in [-0.3, -0.25) is 0 Å². The van der Waals surface area contributed by atoms with Crippen molar-refractivity contribution in [2.45, 2.75) is 24.9 Å². The highest BCUT2D eigenvalue weighted by atomic mass is 19.4. The second kappa shape index (κ2) is 9.25. The van der Waals surface area contributed by atoms with Crippen LogP contribution >= 0.6 is 0 Å². The van der Waals surface area contributed by atoms with Gasteiger partial charge < -0.3 is 9.47 Å². The second-order valence-corrected chi connectivity index (χ2v) is 7.21. The Balaban J connectivity index is 1.81. The summed E-state index contributed by atoms with van der Waals surface area (Å²) in [5, 5.41) is 0. The number of benzene rings is 3. The van der Waals surface area contributed by atoms with Crippen LogP contribution in [0.4, 0.5) is 17.6 Å². The average molecular weight is 430 g/mol. The molecule has 0 fully saturated rings. The van der Waals surface area contributed by atoms with E-state index in [-0.39, 0.29) is 17.7 Å². The largest absolute Gasteiger partial charge is 0.497 e. The molecule has 0 radical (unpaired) electrons. The van der Waals surface area contributed by atoms with E-state index in [9.17, 15) is 17.6 Å². The SMILES string of the molecule is COc1ccc(C(C)(/C=C/Cc2ccc(F)c(Oc3ccccc3)c2)C(F)(F)F)cc1. The molecule has 162 valence electrons. The number of ether oxygens (including phenoxy) is 2. The molecule has 0 saturated heterocycles. The predicted octanol–water partition coefficient (Wildman–Crippen LogP) is 7.25. The normalized spacial score (nSPS) is 13.7. The molecule has 3 aromatic carbocycles. The fourth-order valence-electron chi connectivity index (χ4n) is 3.09. The highest BCUT2D eigenvalue weighted by Gasteiger charge is 2.50. The fourth-order valence-corrected chi connectivity index (χ4v) is 3.09. The Hall–Kier alpha value is -3.28. The fraction of sp³-hybridized carbons (Fsp3) is 0.200. The first kappa shape index (κ1) is 22.4. The Bertz CT molecular complexity index is 1030. The van der Waals surface area contributed by atoms with Crippen LogP contribution < -0.4 is 9.47 Å². The molecule has 31 heavy (non-hydrogen) atoms. The summed E-state index contributed by atoms with van der Waals surface area (Å²) in [5.41, 5.74) is -1.45. The van der Waals surface area contributed by atoms with Gasteiger partial charge in [0.25, 0.3) is 0 Å². The van der Waals surface area contributed by atoms with E-state index in [0.29, 0.717) is 17.1 Å². The van der Waals surface area contributed by atoms with Crippen LogP contribution in [0.3, 0.4) is 0 Å². The molecule has 2 nitrogen and oxygen atoms in total. The summed E-state index contributed by atoms with van der Waals surface area (Å²) < 4.78 is 66.4. The summed E-state index contributed by atoms with van der Waals surface area (Å²) in [7, 11) is 1.45. The molecule has 1 atom stereocenters. The van der Waals surface area contributed by atoms with Crippen LogP contribution in [0.1, 0.15) is 18.1 Å². The van der Waals surface area contributed by atoms with E-state index in [2.05, 4.69) is 0 Å². The quantitative estimate of drug-likeness (QED) is 0.290. The Morgan fingerprint density at radius 2 is 1.55 bits per heavy atom. The molecule has 0 aliphatic heterocycles. The van der Waals surface area contributed by atoms with Crippen molar-refractivity contribution in [3.05, 3.63) is 102 Å². The molecule has 0 aliphatic carbocycles. The van der Waals surface area contributed by atoms with Crippen molar-refractivity contribution >= 4 is 0 Å². The highest BCUT2D eigenvalue weighted by Crippen LogP contribution is 2.42. The lowest BCUT2D eigenvalue weighted by molar-refractivity contribution is -0.171. The van der Waals surface area contributed by atoms with E-state index in [1.54, 1.807) is 24.3 Å². The van der Waals surface area contributed by atoms with Gasteiger partial charge in [0.1, 0.15) is 16.9 Å². The van der Waals surface area contributed by atoms with Crippen LogP contribution in [0, 0.1) is 5.82 Å². The molecule has 3 rings (SSSR count). The lowest BCUT2D eigenvalue weighted by Gasteiger charge is -2.29. The summed E-state index contributed by atoms with van der Waals surface area (Å²) in [5.74, 6) is 0.425. The standard InChI is InChI=1S/C25H22F4O2/c1-24(25(27,28)29,19-11-13-20(30-2)14-12-19)16-6-7-18-10-15-22(26)23(17-18)31-21-8-4-3-5-9-21/h3-6,8-17H,7H2,1-2H3/b16-6+. The van der Waals surface area contributed by atoms with Gasteiger partial charge in [-0.1, -0.05) is 48.6 Å². The molecule has 6 heteroatoms. The monoisotopic (exact) mass is 430 g/mol. The van der Waals surface area contributed by atoms with E-state index in [1.165, 1.54) is 55.7 Å². The number of para-hydroxylation sites is 1. The minimum atomic E-state index is -4.50. The molecule has 0 aromatic heterocycles. The number of rotatable bonds is 7. The van der Waals surface area contributed by atoms with Crippen molar-refractivity contribution in [2.24, 2.45) is 0 Å². The van der Waals surface area contributed by atoms with E-state index < -0.39 is 17.4 Å². The first-order valence-electron chi connectivity index (χ1n) is 9.63. The second-order valence-electron chi connectivity index (χ2n) is 7.21. The maximum Gasteiger partial charge on any atom is 0.401 e. The van der Waals surface area contributed by atoms with Crippen LogP contribution in [-0.4, -0.2) is 13.3 Å². The first-order valence-corrected chi connectivity index (χ1v) is 9.63. The first-order chi connectivity index (χ1) is 14.7. The Morgan fingerprint density at radius 1 is 0.871 bits per heavy atom. The summed E-state index contributed by atoms with van der Waals surface area (Å²) in [6.07, 6.45) is -1.73. The minimum absolute atomic E-state index is 0.0193. The molecule has 0 N–H and O–H groups in total. The maximum absolute atomic E-state index is 14.1. The van der Waals surface area contributed by atoms with Crippen molar-refractivity contribution < 1.29 is 27.0 Å². The number of halogens is 4. The van der Waals surface area contributed by atoms with Gasteiger partial charge in [0, 0.05) is 0 Å². The Morgan fingerprint density at radius 3 is 2.16 bits per heavy atom. The average Bonchev–Trinajstić information content (AvgIpc) is 2.76. The molecule has 0 spiro atoms. The third kappa shape index (κ3) is 5.26. The lowest BCUT2D eigenvalue weighted by Crippen LogP contribution is -2.37. The van der Waals surface area contributed by atoms with Gasteiger partial charge in [-0.25, -0.2) is 4.39 Å².